The Morgan fingerprint density at radius 3 is 2.04 bits per heavy atom. The lowest BCUT2D eigenvalue weighted by Gasteiger charge is -2.15. The summed E-state index contributed by atoms with van der Waals surface area (Å²) in [6.07, 6.45) is -0.636. The average molecular weight is 340 g/mol. The molecular formula is C20H24N2O3. The SMILES string of the molecule is CNC(=O)c1ccc(NC(=O)C(C)Oc2ccc(C(C)C)cc2)cc1. The first kappa shape index (κ1) is 18.5. The van der Waals surface area contributed by atoms with Crippen molar-refractivity contribution in [3.63, 3.8) is 0 Å². The zero-order valence-electron chi connectivity index (χ0n) is 15.0. The third kappa shape index (κ3) is 5.08. The monoisotopic (exact) mass is 340 g/mol. The van der Waals surface area contributed by atoms with E-state index in [-0.39, 0.29) is 11.8 Å². The number of amides is 2. The van der Waals surface area contributed by atoms with Crippen LogP contribution in [-0.2, 0) is 4.79 Å². The third-order valence-electron chi connectivity index (χ3n) is 3.87. The Bertz CT molecular complexity index is 722. The van der Waals surface area contributed by atoms with Gasteiger partial charge in [0.05, 0.1) is 0 Å². The molecule has 5 heteroatoms. The molecule has 2 aromatic carbocycles. The Hall–Kier alpha value is -2.82. The van der Waals surface area contributed by atoms with Gasteiger partial charge >= 0.3 is 0 Å². The van der Waals surface area contributed by atoms with Gasteiger partial charge in [0.25, 0.3) is 11.8 Å². The number of carbonyl (C=O) groups excluding carboxylic acids is 2. The Labute approximate surface area is 148 Å². The smallest absolute Gasteiger partial charge is 0.265 e. The molecule has 5 nitrogen and oxygen atoms in total. The predicted octanol–water partition coefficient (Wildman–Crippen LogP) is 3.58. The van der Waals surface area contributed by atoms with E-state index in [0.29, 0.717) is 22.9 Å². The van der Waals surface area contributed by atoms with Gasteiger partial charge in [-0.05, 0) is 54.8 Å². The van der Waals surface area contributed by atoms with Crippen LogP contribution >= 0.6 is 0 Å². The zero-order chi connectivity index (χ0) is 18.4. The highest BCUT2D eigenvalue weighted by Gasteiger charge is 2.15. The average Bonchev–Trinajstić information content (AvgIpc) is 2.62. The summed E-state index contributed by atoms with van der Waals surface area (Å²) in [7, 11) is 1.57. The van der Waals surface area contributed by atoms with Gasteiger partial charge in [-0.15, -0.1) is 0 Å². The molecule has 132 valence electrons. The number of carbonyl (C=O) groups is 2. The lowest BCUT2D eigenvalue weighted by molar-refractivity contribution is -0.122. The van der Waals surface area contributed by atoms with Crippen LogP contribution in [0.3, 0.4) is 0 Å². The summed E-state index contributed by atoms with van der Waals surface area (Å²) in [6, 6.07) is 14.4. The van der Waals surface area contributed by atoms with Gasteiger partial charge in [-0.25, -0.2) is 0 Å². The molecule has 2 N–H and O–H groups in total. The van der Waals surface area contributed by atoms with Crippen molar-refractivity contribution in [1.29, 1.82) is 0 Å². The Balaban J connectivity index is 1.94. The van der Waals surface area contributed by atoms with Crippen LogP contribution in [0.25, 0.3) is 0 Å². The third-order valence-corrected chi connectivity index (χ3v) is 3.87. The summed E-state index contributed by atoms with van der Waals surface area (Å²) in [5, 5.41) is 5.33. The van der Waals surface area contributed by atoms with Crippen LogP contribution in [0.4, 0.5) is 5.69 Å². The van der Waals surface area contributed by atoms with Crippen molar-refractivity contribution in [1.82, 2.24) is 5.32 Å². The molecule has 2 aromatic rings. The minimum absolute atomic E-state index is 0.167. The largest absolute Gasteiger partial charge is 0.481 e. The van der Waals surface area contributed by atoms with Crippen LogP contribution in [0.2, 0.25) is 0 Å². The summed E-state index contributed by atoms with van der Waals surface area (Å²) in [5.74, 6) is 0.689. The highest BCUT2D eigenvalue weighted by molar-refractivity contribution is 5.96. The minimum atomic E-state index is -0.636. The maximum atomic E-state index is 12.3. The Morgan fingerprint density at radius 1 is 0.920 bits per heavy atom. The van der Waals surface area contributed by atoms with E-state index < -0.39 is 6.10 Å². The van der Waals surface area contributed by atoms with Gasteiger partial charge in [-0.3, -0.25) is 9.59 Å². The van der Waals surface area contributed by atoms with E-state index in [1.165, 1.54) is 5.56 Å². The normalized spacial score (nSPS) is 11.7. The molecule has 0 aliphatic carbocycles. The number of ether oxygens (including phenoxy) is 1. The van der Waals surface area contributed by atoms with Crippen molar-refractivity contribution < 1.29 is 14.3 Å². The van der Waals surface area contributed by atoms with Crippen LogP contribution in [0, 0.1) is 0 Å². The Morgan fingerprint density at radius 2 is 1.52 bits per heavy atom. The van der Waals surface area contributed by atoms with E-state index in [2.05, 4.69) is 24.5 Å². The predicted molar refractivity (Wildman–Crippen MR) is 99.1 cm³/mol. The van der Waals surface area contributed by atoms with Gasteiger partial charge in [0.15, 0.2) is 6.10 Å². The minimum Gasteiger partial charge on any atom is -0.481 e. The fraction of sp³-hybridized carbons (Fsp3) is 0.300. The first-order valence-electron chi connectivity index (χ1n) is 8.30. The molecule has 2 rings (SSSR count). The topological polar surface area (TPSA) is 67.4 Å². The molecule has 2 amide bonds. The van der Waals surface area contributed by atoms with E-state index in [4.69, 9.17) is 4.74 Å². The van der Waals surface area contributed by atoms with Crippen molar-refractivity contribution in [3.05, 3.63) is 59.7 Å². The van der Waals surface area contributed by atoms with Crippen molar-refractivity contribution >= 4 is 17.5 Å². The molecule has 0 saturated carbocycles. The second-order valence-electron chi connectivity index (χ2n) is 6.13. The summed E-state index contributed by atoms with van der Waals surface area (Å²) < 4.78 is 5.69. The molecule has 0 fully saturated rings. The van der Waals surface area contributed by atoms with E-state index >= 15 is 0 Å². The van der Waals surface area contributed by atoms with Gasteiger partial charge in [-0.2, -0.15) is 0 Å². The fourth-order valence-electron chi connectivity index (χ4n) is 2.28. The number of nitrogens with one attached hydrogen (secondary N) is 2. The highest BCUT2D eigenvalue weighted by Crippen LogP contribution is 2.20. The van der Waals surface area contributed by atoms with Crippen molar-refractivity contribution in [2.75, 3.05) is 12.4 Å². The standard InChI is InChI=1S/C20H24N2O3/c1-13(2)15-7-11-18(12-8-15)25-14(3)19(23)22-17-9-5-16(6-10-17)20(24)21-4/h5-14H,1-4H3,(H,21,24)(H,22,23). The molecule has 0 radical (unpaired) electrons. The van der Waals surface area contributed by atoms with Crippen molar-refractivity contribution in [2.24, 2.45) is 0 Å². The van der Waals surface area contributed by atoms with Crippen molar-refractivity contribution in [3.8, 4) is 5.75 Å². The van der Waals surface area contributed by atoms with Crippen LogP contribution in [-0.4, -0.2) is 25.0 Å². The lowest BCUT2D eigenvalue weighted by Crippen LogP contribution is -2.30. The second kappa shape index (κ2) is 8.33. The second-order valence-corrected chi connectivity index (χ2v) is 6.13. The number of rotatable bonds is 6. The number of anilines is 1. The molecule has 0 aliphatic rings. The highest BCUT2D eigenvalue weighted by atomic mass is 16.5. The molecule has 1 atom stereocenters. The maximum Gasteiger partial charge on any atom is 0.265 e. The van der Waals surface area contributed by atoms with E-state index in [1.54, 1.807) is 38.2 Å². The summed E-state index contributed by atoms with van der Waals surface area (Å²) in [4.78, 5) is 23.8. The van der Waals surface area contributed by atoms with E-state index in [9.17, 15) is 9.59 Å². The summed E-state index contributed by atoms with van der Waals surface area (Å²) >= 11 is 0. The molecule has 0 aromatic heterocycles. The van der Waals surface area contributed by atoms with E-state index in [1.807, 2.05) is 24.3 Å². The summed E-state index contributed by atoms with van der Waals surface area (Å²) in [5.41, 5.74) is 2.37. The van der Waals surface area contributed by atoms with Crippen LogP contribution < -0.4 is 15.4 Å². The lowest BCUT2D eigenvalue weighted by atomic mass is 10.0. The molecule has 0 bridgehead atoms. The number of benzene rings is 2. The van der Waals surface area contributed by atoms with Gasteiger partial charge in [0.1, 0.15) is 5.75 Å². The molecule has 0 spiro atoms. The summed E-state index contributed by atoms with van der Waals surface area (Å²) in [6.45, 7) is 5.95. The quantitative estimate of drug-likeness (QED) is 0.845. The van der Waals surface area contributed by atoms with Crippen molar-refractivity contribution in [2.45, 2.75) is 32.8 Å². The molecule has 25 heavy (non-hydrogen) atoms. The van der Waals surface area contributed by atoms with Gasteiger partial charge in [-0.1, -0.05) is 26.0 Å². The van der Waals surface area contributed by atoms with Gasteiger partial charge < -0.3 is 15.4 Å². The first-order valence-corrected chi connectivity index (χ1v) is 8.30. The van der Waals surface area contributed by atoms with Crippen LogP contribution in [0.15, 0.2) is 48.5 Å². The Kier molecular flexibility index (Phi) is 6.17. The van der Waals surface area contributed by atoms with E-state index in [0.717, 1.165) is 0 Å². The fourth-order valence-corrected chi connectivity index (χ4v) is 2.28. The number of hydrogen-bond donors (Lipinski definition) is 2. The zero-order valence-corrected chi connectivity index (χ0v) is 15.0. The molecule has 0 saturated heterocycles. The molecule has 0 heterocycles. The van der Waals surface area contributed by atoms with Crippen LogP contribution in [0.5, 0.6) is 5.75 Å². The molecular weight excluding hydrogens is 316 g/mol. The van der Waals surface area contributed by atoms with Gasteiger partial charge in [0.2, 0.25) is 0 Å². The number of hydrogen-bond acceptors (Lipinski definition) is 3. The van der Waals surface area contributed by atoms with Gasteiger partial charge in [0, 0.05) is 18.3 Å². The first-order chi connectivity index (χ1) is 11.9. The van der Waals surface area contributed by atoms with Crippen LogP contribution in [0.1, 0.15) is 42.6 Å². The molecule has 0 aliphatic heterocycles. The molecule has 1 unspecified atom stereocenters. The maximum absolute atomic E-state index is 12.3.